The molecule has 1 heterocycles. The lowest BCUT2D eigenvalue weighted by atomic mass is 10.1. The summed E-state index contributed by atoms with van der Waals surface area (Å²) in [7, 11) is -3.66. The van der Waals surface area contributed by atoms with Gasteiger partial charge in [-0.15, -0.1) is 0 Å². The van der Waals surface area contributed by atoms with Gasteiger partial charge >= 0.3 is 0 Å². The Morgan fingerprint density at radius 1 is 1.50 bits per heavy atom. The van der Waals surface area contributed by atoms with Crippen LogP contribution in [0.25, 0.3) is 0 Å². The molecule has 2 rings (SSSR count). The first-order valence-corrected chi connectivity index (χ1v) is 8.03. The van der Waals surface area contributed by atoms with Gasteiger partial charge in [-0.3, -0.25) is 0 Å². The Labute approximate surface area is 118 Å². The van der Waals surface area contributed by atoms with E-state index in [2.05, 4.69) is 4.72 Å². The lowest BCUT2D eigenvalue weighted by molar-refractivity contribution is 0.0173. The molecule has 0 radical (unpaired) electrons. The van der Waals surface area contributed by atoms with Crippen LogP contribution in [0.2, 0.25) is 0 Å². The van der Waals surface area contributed by atoms with E-state index in [0.29, 0.717) is 19.4 Å². The van der Waals surface area contributed by atoms with Crippen molar-refractivity contribution in [2.24, 2.45) is 5.73 Å². The van der Waals surface area contributed by atoms with Crippen molar-refractivity contribution in [1.29, 1.82) is 0 Å². The first kappa shape index (κ1) is 15.4. The highest BCUT2D eigenvalue weighted by Gasteiger charge is 2.25. The van der Waals surface area contributed by atoms with Gasteiger partial charge in [0.25, 0.3) is 0 Å². The van der Waals surface area contributed by atoms with Crippen LogP contribution in [0.3, 0.4) is 0 Å². The van der Waals surface area contributed by atoms with Crippen LogP contribution >= 0.6 is 0 Å². The van der Waals surface area contributed by atoms with Crippen LogP contribution in [-0.4, -0.2) is 27.2 Å². The standard InChI is InChI=1S/C13H19FN2O3S/c1-9-6-11(4-5-19-9)16-20(17,18)12-2-3-13(14)10(7-12)8-15/h2-3,7,9,11,16H,4-6,8,15H2,1H3. The molecule has 1 aromatic carbocycles. The Morgan fingerprint density at radius 3 is 2.90 bits per heavy atom. The van der Waals surface area contributed by atoms with E-state index in [9.17, 15) is 12.8 Å². The summed E-state index contributed by atoms with van der Waals surface area (Å²) in [5, 5.41) is 0. The summed E-state index contributed by atoms with van der Waals surface area (Å²) in [5.74, 6) is -0.494. The number of nitrogens with two attached hydrogens (primary N) is 1. The molecule has 2 unspecified atom stereocenters. The first-order valence-electron chi connectivity index (χ1n) is 6.55. The average molecular weight is 302 g/mol. The third-order valence-electron chi connectivity index (χ3n) is 3.35. The number of ether oxygens (including phenoxy) is 1. The van der Waals surface area contributed by atoms with Crippen molar-refractivity contribution in [1.82, 2.24) is 4.72 Å². The molecule has 0 spiro atoms. The van der Waals surface area contributed by atoms with Gasteiger partial charge in [0.15, 0.2) is 0 Å². The number of nitrogens with one attached hydrogen (secondary N) is 1. The largest absolute Gasteiger partial charge is 0.378 e. The predicted octanol–water partition coefficient (Wildman–Crippen LogP) is 1.13. The summed E-state index contributed by atoms with van der Waals surface area (Å²) in [6.07, 6.45) is 1.29. The number of sulfonamides is 1. The monoisotopic (exact) mass is 302 g/mol. The topological polar surface area (TPSA) is 81.4 Å². The van der Waals surface area contributed by atoms with Crippen LogP contribution in [0.15, 0.2) is 23.1 Å². The van der Waals surface area contributed by atoms with Crippen LogP contribution in [0.5, 0.6) is 0 Å². The maximum absolute atomic E-state index is 13.4. The molecule has 3 N–H and O–H groups in total. The van der Waals surface area contributed by atoms with E-state index in [1.807, 2.05) is 6.92 Å². The molecule has 1 aliphatic heterocycles. The SMILES string of the molecule is CC1CC(NS(=O)(=O)c2ccc(F)c(CN)c2)CCO1. The normalized spacial score (nSPS) is 23.8. The lowest BCUT2D eigenvalue weighted by Crippen LogP contribution is -2.41. The minimum absolute atomic E-state index is 0.0317. The molecule has 1 fully saturated rings. The molecule has 1 aliphatic rings. The van der Waals surface area contributed by atoms with Crippen LogP contribution in [-0.2, 0) is 21.3 Å². The Hall–Kier alpha value is -1.02. The van der Waals surface area contributed by atoms with Crippen molar-refractivity contribution < 1.29 is 17.5 Å². The van der Waals surface area contributed by atoms with E-state index in [1.54, 1.807) is 0 Å². The highest BCUT2D eigenvalue weighted by molar-refractivity contribution is 7.89. The molecule has 1 saturated heterocycles. The third-order valence-corrected chi connectivity index (χ3v) is 4.87. The zero-order chi connectivity index (χ0) is 14.8. The minimum Gasteiger partial charge on any atom is -0.378 e. The number of benzene rings is 1. The van der Waals surface area contributed by atoms with Crippen LogP contribution in [0.4, 0.5) is 4.39 Å². The Bertz CT molecular complexity index is 577. The lowest BCUT2D eigenvalue weighted by Gasteiger charge is -2.27. The molecule has 0 aromatic heterocycles. The molecular formula is C13H19FN2O3S. The van der Waals surface area contributed by atoms with Gasteiger partial charge < -0.3 is 10.5 Å². The third kappa shape index (κ3) is 3.54. The van der Waals surface area contributed by atoms with Crippen molar-refractivity contribution in [3.8, 4) is 0 Å². The van der Waals surface area contributed by atoms with Crippen molar-refractivity contribution in [3.05, 3.63) is 29.6 Å². The van der Waals surface area contributed by atoms with E-state index in [1.165, 1.54) is 12.1 Å². The van der Waals surface area contributed by atoms with Crippen molar-refractivity contribution in [2.45, 2.75) is 43.4 Å². The highest BCUT2D eigenvalue weighted by atomic mass is 32.2. The van der Waals surface area contributed by atoms with E-state index in [4.69, 9.17) is 10.5 Å². The summed E-state index contributed by atoms with van der Waals surface area (Å²) >= 11 is 0. The van der Waals surface area contributed by atoms with E-state index in [-0.39, 0.29) is 29.1 Å². The summed E-state index contributed by atoms with van der Waals surface area (Å²) in [6, 6.07) is 3.50. The summed E-state index contributed by atoms with van der Waals surface area (Å²) in [5.41, 5.74) is 5.58. The summed E-state index contributed by atoms with van der Waals surface area (Å²) in [4.78, 5) is 0.0403. The molecule has 1 aromatic rings. The van der Waals surface area contributed by atoms with E-state index >= 15 is 0 Å². The van der Waals surface area contributed by atoms with Crippen LogP contribution in [0, 0.1) is 5.82 Å². The van der Waals surface area contributed by atoms with Crippen LogP contribution in [0.1, 0.15) is 25.3 Å². The summed E-state index contributed by atoms with van der Waals surface area (Å²) < 4.78 is 45.9. The highest BCUT2D eigenvalue weighted by Crippen LogP contribution is 2.18. The minimum atomic E-state index is -3.66. The van der Waals surface area contributed by atoms with Crippen molar-refractivity contribution >= 4 is 10.0 Å². The molecule has 0 bridgehead atoms. The quantitative estimate of drug-likeness (QED) is 0.873. The number of hydrogen-bond donors (Lipinski definition) is 2. The Kier molecular flexibility index (Phi) is 4.74. The molecule has 5 nitrogen and oxygen atoms in total. The van der Waals surface area contributed by atoms with Gasteiger partial charge in [-0.1, -0.05) is 0 Å². The average Bonchev–Trinajstić information content (AvgIpc) is 2.38. The van der Waals surface area contributed by atoms with Crippen molar-refractivity contribution in [2.75, 3.05) is 6.61 Å². The zero-order valence-electron chi connectivity index (χ0n) is 11.3. The molecule has 0 amide bonds. The van der Waals surface area contributed by atoms with E-state index < -0.39 is 15.8 Å². The molecule has 7 heteroatoms. The number of hydrogen-bond acceptors (Lipinski definition) is 4. The fraction of sp³-hybridized carbons (Fsp3) is 0.538. The van der Waals surface area contributed by atoms with Gasteiger partial charge in [0.05, 0.1) is 11.0 Å². The molecule has 0 aliphatic carbocycles. The second-order valence-corrected chi connectivity index (χ2v) is 6.70. The van der Waals surface area contributed by atoms with E-state index in [0.717, 1.165) is 6.07 Å². The second kappa shape index (κ2) is 6.17. The number of halogens is 1. The fourth-order valence-electron chi connectivity index (χ4n) is 2.27. The Balaban J connectivity index is 2.17. The van der Waals surface area contributed by atoms with Gasteiger partial charge in [0.2, 0.25) is 10.0 Å². The molecule has 0 saturated carbocycles. The van der Waals surface area contributed by atoms with Gasteiger partial charge in [-0.2, -0.15) is 0 Å². The van der Waals surface area contributed by atoms with Gasteiger partial charge in [0.1, 0.15) is 5.82 Å². The predicted molar refractivity (Wildman–Crippen MR) is 73.0 cm³/mol. The van der Waals surface area contributed by atoms with Gasteiger partial charge in [-0.05, 0) is 38.0 Å². The number of rotatable bonds is 4. The Morgan fingerprint density at radius 2 is 2.25 bits per heavy atom. The molecule has 2 atom stereocenters. The second-order valence-electron chi connectivity index (χ2n) is 4.98. The smallest absolute Gasteiger partial charge is 0.240 e. The zero-order valence-corrected chi connectivity index (χ0v) is 12.1. The fourth-order valence-corrected chi connectivity index (χ4v) is 3.60. The maximum atomic E-state index is 13.4. The maximum Gasteiger partial charge on any atom is 0.240 e. The molecule has 20 heavy (non-hydrogen) atoms. The van der Waals surface area contributed by atoms with Gasteiger partial charge in [0, 0.05) is 24.8 Å². The molecule has 112 valence electrons. The molecular weight excluding hydrogens is 283 g/mol. The van der Waals surface area contributed by atoms with Crippen LogP contribution < -0.4 is 10.5 Å². The first-order chi connectivity index (χ1) is 9.42. The van der Waals surface area contributed by atoms with Crippen molar-refractivity contribution in [3.63, 3.8) is 0 Å². The van der Waals surface area contributed by atoms with Gasteiger partial charge in [-0.25, -0.2) is 17.5 Å². The summed E-state index contributed by atoms with van der Waals surface area (Å²) in [6.45, 7) is 2.40.